The number of fused-ring (bicyclic) bond motifs is 1. The van der Waals surface area contributed by atoms with Gasteiger partial charge in [0.15, 0.2) is 0 Å². The molecular weight excluding hydrogens is 396 g/mol. The molecule has 1 aliphatic heterocycles. The highest BCUT2D eigenvalue weighted by Crippen LogP contribution is 2.29. The van der Waals surface area contributed by atoms with Gasteiger partial charge in [0.1, 0.15) is 29.7 Å². The summed E-state index contributed by atoms with van der Waals surface area (Å²) < 4.78 is 16.9. The third-order valence-electron chi connectivity index (χ3n) is 5.51. The summed E-state index contributed by atoms with van der Waals surface area (Å²) >= 11 is 0. The Morgan fingerprint density at radius 3 is 2.65 bits per heavy atom. The molecule has 0 aliphatic carbocycles. The van der Waals surface area contributed by atoms with Crippen LogP contribution in [0.15, 0.2) is 57.7 Å². The second-order valence-corrected chi connectivity index (χ2v) is 7.86. The van der Waals surface area contributed by atoms with Crippen LogP contribution in [0.1, 0.15) is 24.0 Å². The molecule has 0 atom stereocenters. The van der Waals surface area contributed by atoms with Gasteiger partial charge in [-0.05, 0) is 50.6 Å². The predicted octanol–water partition coefficient (Wildman–Crippen LogP) is 4.32. The van der Waals surface area contributed by atoms with Gasteiger partial charge >= 0.3 is 11.7 Å². The topological polar surface area (TPSA) is 81.0 Å². The van der Waals surface area contributed by atoms with E-state index in [1.807, 2.05) is 49.4 Å². The van der Waals surface area contributed by atoms with Crippen molar-refractivity contribution in [2.24, 2.45) is 0 Å². The van der Waals surface area contributed by atoms with Gasteiger partial charge in [0.05, 0.1) is 0 Å². The van der Waals surface area contributed by atoms with E-state index in [0.29, 0.717) is 16.7 Å². The average Bonchev–Trinajstić information content (AvgIpc) is 2.78. The third-order valence-corrected chi connectivity index (χ3v) is 5.51. The summed E-state index contributed by atoms with van der Waals surface area (Å²) in [4.78, 5) is 26.8. The van der Waals surface area contributed by atoms with Gasteiger partial charge in [0, 0.05) is 24.0 Å². The van der Waals surface area contributed by atoms with Gasteiger partial charge in [-0.15, -0.1) is 0 Å². The molecule has 1 saturated heterocycles. The van der Waals surface area contributed by atoms with Crippen LogP contribution in [0, 0.1) is 6.92 Å². The number of carbonyl (C=O) groups is 1. The van der Waals surface area contributed by atoms with Gasteiger partial charge in [-0.2, -0.15) is 0 Å². The Labute approximate surface area is 180 Å². The summed E-state index contributed by atoms with van der Waals surface area (Å²) in [5.74, 6) is 0.716. The average molecular weight is 422 g/mol. The van der Waals surface area contributed by atoms with Crippen molar-refractivity contribution in [1.29, 1.82) is 0 Å². The number of amides is 1. The maximum absolute atomic E-state index is 12.4. The molecule has 3 aromatic rings. The molecule has 2 heterocycles. The monoisotopic (exact) mass is 422 g/mol. The highest BCUT2D eigenvalue weighted by molar-refractivity contribution is 5.89. The zero-order valence-corrected chi connectivity index (χ0v) is 17.7. The van der Waals surface area contributed by atoms with E-state index < -0.39 is 11.7 Å². The molecule has 1 fully saturated rings. The Bertz CT molecular complexity index is 1120. The second kappa shape index (κ2) is 9.22. The second-order valence-electron chi connectivity index (χ2n) is 7.86. The Morgan fingerprint density at radius 2 is 1.90 bits per heavy atom. The van der Waals surface area contributed by atoms with Crippen molar-refractivity contribution >= 4 is 22.7 Å². The van der Waals surface area contributed by atoms with Crippen molar-refractivity contribution in [3.8, 4) is 5.75 Å². The van der Waals surface area contributed by atoms with Crippen LogP contribution in [0.4, 0.5) is 10.5 Å². The highest BCUT2D eigenvalue weighted by Gasteiger charge is 2.20. The largest absolute Gasteiger partial charge is 0.490 e. The number of ether oxygens (including phenoxy) is 2. The van der Waals surface area contributed by atoms with Crippen LogP contribution in [0.5, 0.6) is 5.75 Å². The number of rotatable bonds is 5. The minimum Gasteiger partial charge on any atom is -0.490 e. The van der Waals surface area contributed by atoms with Crippen molar-refractivity contribution in [2.75, 3.05) is 25.5 Å². The van der Waals surface area contributed by atoms with E-state index >= 15 is 0 Å². The molecule has 7 heteroatoms. The molecule has 1 aromatic heterocycles. The van der Waals surface area contributed by atoms with E-state index in [1.54, 1.807) is 6.07 Å². The Hall–Kier alpha value is -3.32. The summed E-state index contributed by atoms with van der Waals surface area (Å²) in [6.07, 6.45) is 1.37. The number of anilines is 1. The van der Waals surface area contributed by atoms with Crippen LogP contribution in [0.25, 0.3) is 11.0 Å². The first kappa shape index (κ1) is 20.9. The number of benzene rings is 2. The van der Waals surface area contributed by atoms with Crippen LogP contribution >= 0.6 is 0 Å². The van der Waals surface area contributed by atoms with Crippen LogP contribution in [0.3, 0.4) is 0 Å². The lowest BCUT2D eigenvalue weighted by atomic mass is 10.1. The fourth-order valence-corrected chi connectivity index (χ4v) is 3.67. The number of piperidine rings is 1. The Balaban J connectivity index is 1.47. The maximum atomic E-state index is 12.4. The minimum absolute atomic E-state index is 0.0361. The van der Waals surface area contributed by atoms with E-state index in [1.165, 1.54) is 0 Å². The van der Waals surface area contributed by atoms with Crippen molar-refractivity contribution in [3.63, 3.8) is 0 Å². The zero-order chi connectivity index (χ0) is 21.8. The van der Waals surface area contributed by atoms with Gasteiger partial charge in [-0.1, -0.05) is 30.3 Å². The third kappa shape index (κ3) is 5.06. The molecule has 31 heavy (non-hydrogen) atoms. The number of hydrogen-bond acceptors (Lipinski definition) is 6. The lowest BCUT2D eigenvalue weighted by Crippen LogP contribution is -2.35. The number of hydrogen-bond donors (Lipinski definition) is 1. The summed E-state index contributed by atoms with van der Waals surface area (Å²) in [7, 11) is 2.11. The number of nitrogens with zero attached hydrogens (tertiary/aromatic N) is 1. The van der Waals surface area contributed by atoms with Crippen LogP contribution < -0.4 is 15.7 Å². The van der Waals surface area contributed by atoms with E-state index in [9.17, 15) is 9.59 Å². The lowest BCUT2D eigenvalue weighted by molar-refractivity contribution is 0.113. The van der Waals surface area contributed by atoms with Gasteiger partial charge in [-0.3, -0.25) is 5.32 Å². The van der Waals surface area contributed by atoms with Gasteiger partial charge in [0.25, 0.3) is 0 Å². The Kier molecular flexibility index (Phi) is 6.23. The molecule has 7 nitrogen and oxygen atoms in total. The van der Waals surface area contributed by atoms with Crippen molar-refractivity contribution in [1.82, 2.24) is 4.90 Å². The predicted molar refractivity (Wildman–Crippen MR) is 119 cm³/mol. The number of likely N-dealkylation sites (tertiary alicyclic amines) is 1. The first-order valence-corrected chi connectivity index (χ1v) is 10.4. The van der Waals surface area contributed by atoms with Crippen LogP contribution in [0.2, 0.25) is 0 Å². The smallest absolute Gasteiger partial charge is 0.412 e. The van der Waals surface area contributed by atoms with Gasteiger partial charge in [0.2, 0.25) is 0 Å². The Morgan fingerprint density at radius 1 is 1.16 bits per heavy atom. The summed E-state index contributed by atoms with van der Waals surface area (Å²) in [6.45, 7) is 3.99. The molecule has 0 unspecified atom stereocenters. The van der Waals surface area contributed by atoms with E-state index in [2.05, 4.69) is 17.3 Å². The van der Waals surface area contributed by atoms with Crippen molar-refractivity contribution in [3.05, 3.63) is 70.1 Å². The summed E-state index contributed by atoms with van der Waals surface area (Å²) in [5.41, 5.74) is 1.49. The lowest BCUT2D eigenvalue weighted by Gasteiger charge is -2.29. The number of nitrogens with one attached hydrogen (secondary N) is 1. The standard InChI is InChI=1S/C24H26N2O5/c1-16-21(30-19-10-12-26(2)13-11-19)9-8-18-14-20(23(27)31-22(16)18)25-24(28)29-15-17-6-4-3-5-7-17/h3-9,14,19H,10-13,15H2,1-2H3,(H,25,28). The fraction of sp³-hybridized carbons (Fsp3) is 0.333. The van der Waals surface area contributed by atoms with E-state index in [0.717, 1.165) is 37.1 Å². The minimum atomic E-state index is -0.713. The quantitative estimate of drug-likeness (QED) is 0.617. The molecule has 0 bridgehead atoms. The van der Waals surface area contributed by atoms with Gasteiger partial charge in [-0.25, -0.2) is 9.59 Å². The number of carbonyl (C=O) groups excluding carboxylic acids is 1. The van der Waals surface area contributed by atoms with Gasteiger partial charge < -0.3 is 18.8 Å². The SMILES string of the molecule is Cc1c(OC2CCN(C)CC2)ccc2cc(NC(=O)OCc3ccccc3)c(=O)oc12. The molecule has 162 valence electrons. The zero-order valence-electron chi connectivity index (χ0n) is 17.7. The highest BCUT2D eigenvalue weighted by atomic mass is 16.5. The van der Waals surface area contributed by atoms with E-state index in [-0.39, 0.29) is 18.4 Å². The molecule has 0 saturated carbocycles. The van der Waals surface area contributed by atoms with Crippen molar-refractivity contribution in [2.45, 2.75) is 32.5 Å². The maximum Gasteiger partial charge on any atom is 0.412 e. The molecule has 1 amide bonds. The van der Waals surface area contributed by atoms with Crippen LogP contribution in [-0.2, 0) is 11.3 Å². The molecule has 4 rings (SSSR count). The van der Waals surface area contributed by atoms with Crippen molar-refractivity contribution < 1.29 is 18.7 Å². The molecule has 0 spiro atoms. The summed E-state index contributed by atoms with van der Waals surface area (Å²) in [5, 5.41) is 3.17. The molecule has 2 aromatic carbocycles. The first-order valence-electron chi connectivity index (χ1n) is 10.4. The molecule has 1 N–H and O–H groups in total. The fourth-order valence-electron chi connectivity index (χ4n) is 3.67. The molecular formula is C24H26N2O5. The summed E-state index contributed by atoms with van der Waals surface area (Å²) in [6, 6.07) is 14.6. The van der Waals surface area contributed by atoms with Crippen LogP contribution in [-0.4, -0.2) is 37.2 Å². The molecule has 0 radical (unpaired) electrons. The first-order chi connectivity index (χ1) is 15.0. The normalized spacial score (nSPS) is 15.0. The molecule has 1 aliphatic rings. The van der Waals surface area contributed by atoms with E-state index in [4.69, 9.17) is 13.9 Å². The number of aryl methyl sites for hydroxylation is 1.